The number of benzene rings is 2. The number of amides is 1. The van der Waals surface area contributed by atoms with Crippen LogP contribution in [0, 0.1) is 0 Å². The van der Waals surface area contributed by atoms with E-state index in [0.717, 1.165) is 22.0 Å². The molecule has 1 N–H and O–H groups in total. The number of hydrogen-bond acceptors (Lipinski definition) is 4. The first-order valence-corrected chi connectivity index (χ1v) is 11.1. The number of nitrogens with one attached hydrogen (secondary N) is 1. The zero-order valence-electron chi connectivity index (χ0n) is 17.4. The van der Waals surface area contributed by atoms with Crippen LogP contribution in [-0.4, -0.2) is 50.7 Å². The van der Waals surface area contributed by atoms with Crippen molar-refractivity contribution >= 4 is 27.5 Å². The second-order valence-corrected chi connectivity index (χ2v) is 9.95. The predicted octanol–water partition coefficient (Wildman–Crippen LogP) is 3.36. The Labute approximate surface area is 178 Å². The van der Waals surface area contributed by atoms with Crippen LogP contribution >= 0.6 is 11.6 Å². The molecular weight excluding hydrogens is 410 g/mol. The van der Waals surface area contributed by atoms with E-state index in [2.05, 4.69) is 31.1 Å². The Bertz CT molecular complexity index is 975. The summed E-state index contributed by atoms with van der Waals surface area (Å²) in [5.74, 6) is -0.419. The zero-order chi connectivity index (χ0) is 21.8. The quantitative estimate of drug-likeness (QED) is 0.687. The van der Waals surface area contributed by atoms with Crippen LogP contribution in [0.1, 0.15) is 35.3 Å². The maximum atomic E-state index is 12.7. The molecule has 0 bridgehead atoms. The molecule has 0 radical (unpaired) electrons. The van der Waals surface area contributed by atoms with Gasteiger partial charge in [0.2, 0.25) is 10.0 Å². The van der Waals surface area contributed by atoms with E-state index in [1.165, 1.54) is 32.3 Å². The summed E-state index contributed by atoms with van der Waals surface area (Å²) in [5, 5.41) is 3.06. The molecule has 0 unspecified atom stereocenters. The van der Waals surface area contributed by atoms with Crippen molar-refractivity contribution in [2.75, 3.05) is 21.1 Å². The third-order valence-electron chi connectivity index (χ3n) is 4.82. The summed E-state index contributed by atoms with van der Waals surface area (Å²) >= 11 is 6.16. The summed E-state index contributed by atoms with van der Waals surface area (Å²) in [4.78, 5) is 15.0. The summed E-state index contributed by atoms with van der Waals surface area (Å²) in [7, 11) is 1.27. The lowest BCUT2D eigenvalue weighted by Crippen LogP contribution is -2.28. The van der Waals surface area contributed by atoms with Crippen molar-refractivity contribution in [1.29, 1.82) is 0 Å². The van der Waals surface area contributed by atoms with Crippen LogP contribution in [0.2, 0.25) is 5.02 Å². The Hall–Kier alpha value is -1.93. The van der Waals surface area contributed by atoms with Crippen LogP contribution in [-0.2, 0) is 23.1 Å². The minimum atomic E-state index is -3.66. The maximum absolute atomic E-state index is 12.7. The van der Waals surface area contributed by atoms with Gasteiger partial charge in [0, 0.05) is 33.2 Å². The van der Waals surface area contributed by atoms with E-state index in [0.29, 0.717) is 12.6 Å². The SMILES string of the molecule is CC(C)N(C)Cc1ccccc1CNC(=O)c1cc(S(=O)(=O)N(C)C)ccc1Cl. The molecule has 0 saturated carbocycles. The molecule has 0 heterocycles. The minimum absolute atomic E-state index is 0.0241. The smallest absolute Gasteiger partial charge is 0.253 e. The van der Waals surface area contributed by atoms with Gasteiger partial charge in [0.1, 0.15) is 0 Å². The van der Waals surface area contributed by atoms with Crippen LogP contribution in [0.15, 0.2) is 47.4 Å². The maximum Gasteiger partial charge on any atom is 0.253 e. The molecule has 0 aliphatic heterocycles. The molecule has 6 nitrogen and oxygen atoms in total. The second kappa shape index (κ2) is 9.71. The van der Waals surface area contributed by atoms with Crippen molar-refractivity contribution in [3.63, 3.8) is 0 Å². The zero-order valence-corrected chi connectivity index (χ0v) is 19.0. The monoisotopic (exact) mass is 437 g/mol. The normalized spacial score (nSPS) is 12.0. The van der Waals surface area contributed by atoms with Gasteiger partial charge in [-0.05, 0) is 50.2 Å². The molecule has 0 aliphatic carbocycles. The summed E-state index contributed by atoms with van der Waals surface area (Å²) < 4.78 is 25.8. The van der Waals surface area contributed by atoms with Crippen molar-refractivity contribution in [2.24, 2.45) is 0 Å². The van der Waals surface area contributed by atoms with Gasteiger partial charge in [0.15, 0.2) is 0 Å². The molecule has 0 atom stereocenters. The average molecular weight is 438 g/mol. The first kappa shape index (κ1) is 23.3. The highest BCUT2D eigenvalue weighted by Gasteiger charge is 2.21. The number of sulfonamides is 1. The second-order valence-electron chi connectivity index (χ2n) is 7.39. The highest BCUT2D eigenvalue weighted by molar-refractivity contribution is 7.89. The number of hydrogen-bond donors (Lipinski definition) is 1. The minimum Gasteiger partial charge on any atom is -0.348 e. The molecule has 2 rings (SSSR count). The third-order valence-corrected chi connectivity index (χ3v) is 6.96. The first-order chi connectivity index (χ1) is 13.5. The van der Waals surface area contributed by atoms with E-state index >= 15 is 0 Å². The van der Waals surface area contributed by atoms with Crippen LogP contribution in [0.4, 0.5) is 0 Å². The highest BCUT2D eigenvalue weighted by Crippen LogP contribution is 2.22. The van der Waals surface area contributed by atoms with E-state index < -0.39 is 15.9 Å². The van der Waals surface area contributed by atoms with Crippen molar-refractivity contribution in [2.45, 2.75) is 37.9 Å². The summed E-state index contributed by atoms with van der Waals surface area (Å²) in [6, 6.07) is 12.4. The van der Waals surface area contributed by atoms with Gasteiger partial charge in [-0.2, -0.15) is 0 Å². The Balaban J connectivity index is 2.21. The fourth-order valence-electron chi connectivity index (χ4n) is 2.66. The van der Waals surface area contributed by atoms with Crippen LogP contribution < -0.4 is 5.32 Å². The fraction of sp³-hybridized carbons (Fsp3) is 0.381. The van der Waals surface area contributed by atoms with E-state index in [-0.39, 0.29) is 15.5 Å². The van der Waals surface area contributed by atoms with Gasteiger partial charge in [-0.15, -0.1) is 0 Å². The van der Waals surface area contributed by atoms with Crippen LogP contribution in [0.25, 0.3) is 0 Å². The fourth-order valence-corrected chi connectivity index (χ4v) is 3.79. The number of halogens is 1. The standard InChI is InChI=1S/C21H28ClN3O3S/c1-15(2)25(5)14-17-9-7-6-8-16(17)13-23-21(26)19-12-18(10-11-20(19)22)29(27,28)24(3)4/h6-12,15H,13-14H2,1-5H3,(H,23,26). The molecule has 2 aromatic carbocycles. The molecular formula is C21H28ClN3O3S. The van der Waals surface area contributed by atoms with E-state index in [1.807, 2.05) is 24.3 Å². The van der Waals surface area contributed by atoms with Gasteiger partial charge in [-0.1, -0.05) is 35.9 Å². The molecule has 1 amide bonds. The molecule has 0 saturated heterocycles. The molecule has 158 valence electrons. The van der Waals surface area contributed by atoms with Gasteiger partial charge in [-0.3, -0.25) is 9.69 Å². The molecule has 0 aliphatic rings. The lowest BCUT2D eigenvalue weighted by Gasteiger charge is -2.22. The van der Waals surface area contributed by atoms with Gasteiger partial charge in [0.25, 0.3) is 5.91 Å². The predicted molar refractivity (Wildman–Crippen MR) is 117 cm³/mol. The molecule has 8 heteroatoms. The Morgan fingerprint density at radius 3 is 2.28 bits per heavy atom. The van der Waals surface area contributed by atoms with Crippen molar-refractivity contribution in [3.8, 4) is 0 Å². The van der Waals surface area contributed by atoms with Gasteiger partial charge in [-0.25, -0.2) is 12.7 Å². The summed E-state index contributed by atoms with van der Waals surface area (Å²) in [6.07, 6.45) is 0. The van der Waals surface area contributed by atoms with Crippen molar-refractivity contribution in [3.05, 3.63) is 64.2 Å². The average Bonchev–Trinajstić information content (AvgIpc) is 2.66. The van der Waals surface area contributed by atoms with Crippen LogP contribution in [0.3, 0.4) is 0 Å². The highest BCUT2D eigenvalue weighted by atomic mass is 35.5. The van der Waals surface area contributed by atoms with Gasteiger partial charge >= 0.3 is 0 Å². The lowest BCUT2D eigenvalue weighted by atomic mass is 10.1. The number of carbonyl (C=O) groups is 1. The van der Waals surface area contributed by atoms with Crippen molar-refractivity contribution < 1.29 is 13.2 Å². The van der Waals surface area contributed by atoms with Crippen molar-refractivity contribution in [1.82, 2.24) is 14.5 Å². The Morgan fingerprint density at radius 1 is 1.07 bits per heavy atom. The molecule has 29 heavy (non-hydrogen) atoms. The van der Waals surface area contributed by atoms with E-state index in [1.54, 1.807) is 0 Å². The summed E-state index contributed by atoms with van der Waals surface area (Å²) in [5.41, 5.74) is 2.26. The molecule has 0 spiro atoms. The third kappa shape index (κ3) is 5.79. The lowest BCUT2D eigenvalue weighted by molar-refractivity contribution is 0.0950. The first-order valence-electron chi connectivity index (χ1n) is 9.31. The Morgan fingerprint density at radius 2 is 1.69 bits per heavy atom. The number of carbonyl (C=O) groups excluding carboxylic acids is 1. The molecule has 0 aromatic heterocycles. The number of rotatable bonds is 8. The molecule has 2 aromatic rings. The van der Waals surface area contributed by atoms with Crippen LogP contribution in [0.5, 0.6) is 0 Å². The van der Waals surface area contributed by atoms with Gasteiger partial charge in [0.05, 0.1) is 15.5 Å². The number of nitrogens with zero attached hydrogens (tertiary/aromatic N) is 2. The Kier molecular flexibility index (Phi) is 7.82. The molecule has 0 fully saturated rings. The topological polar surface area (TPSA) is 69.7 Å². The van der Waals surface area contributed by atoms with E-state index in [4.69, 9.17) is 11.6 Å². The summed E-state index contributed by atoms with van der Waals surface area (Å²) in [6.45, 7) is 5.34. The van der Waals surface area contributed by atoms with Gasteiger partial charge < -0.3 is 5.32 Å². The van der Waals surface area contributed by atoms with E-state index in [9.17, 15) is 13.2 Å². The largest absolute Gasteiger partial charge is 0.348 e.